The second kappa shape index (κ2) is 29.1. The maximum atomic E-state index is 10.7. The molecule has 408 valence electrons. The highest BCUT2D eigenvalue weighted by molar-refractivity contribution is 5.58. The third-order valence-corrected chi connectivity index (χ3v) is 11.7. The summed E-state index contributed by atoms with van der Waals surface area (Å²) in [4.78, 5) is 0. The molecule has 76 heavy (non-hydrogen) atoms. The first-order valence-corrected chi connectivity index (χ1v) is 24.2. The number of allylic oxidation sites excluding steroid dienone is 3. The van der Waals surface area contributed by atoms with Gasteiger partial charge in [-0.2, -0.15) is 0 Å². The maximum absolute atomic E-state index is 10.7. The van der Waals surface area contributed by atoms with Gasteiger partial charge in [0.25, 0.3) is 0 Å². The summed E-state index contributed by atoms with van der Waals surface area (Å²) < 4.78 is 43.8. The Kier molecular flexibility index (Phi) is 23.1. The molecule has 6 atom stereocenters. The molecule has 16 heteroatoms. The number of phenols is 5. The lowest BCUT2D eigenvalue weighted by Crippen LogP contribution is -2.22. The predicted molar refractivity (Wildman–Crippen MR) is 294 cm³/mol. The number of ether oxygens (including phenoxy) is 8. The van der Waals surface area contributed by atoms with Gasteiger partial charge in [0, 0.05) is 0 Å². The molecule has 0 aliphatic rings. The molecule has 6 aromatic rings. The summed E-state index contributed by atoms with van der Waals surface area (Å²) in [7, 11) is 7.52. The van der Waals surface area contributed by atoms with Crippen molar-refractivity contribution < 1.29 is 78.7 Å². The van der Waals surface area contributed by atoms with Gasteiger partial charge in [-0.1, -0.05) is 60.7 Å². The Balaban J connectivity index is 0.000000247. The van der Waals surface area contributed by atoms with Gasteiger partial charge in [-0.3, -0.25) is 0 Å². The highest BCUT2D eigenvalue weighted by Crippen LogP contribution is 2.41. The third kappa shape index (κ3) is 16.2. The maximum Gasteiger partial charge on any atom is 0.200 e. The molecule has 0 amide bonds. The minimum atomic E-state index is -1.06. The van der Waals surface area contributed by atoms with Crippen molar-refractivity contribution in [3.63, 3.8) is 0 Å². The van der Waals surface area contributed by atoms with Gasteiger partial charge < -0.3 is 78.7 Å². The Morgan fingerprint density at radius 2 is 0.697 bits per heavy atom. The molecule has 8 N–H and O–H groups in total. The number of aryl methyl sites for hydroxylation is 1. The number of phenolic OH excluding ortho intramolecular Hbond substituents is 5. The van der Waals surface area contributed by atoms with Crippen LogP contribution in [0.25, 0.3) is 18.2 Å². The lowest BCUT2D eigenvalue weighted by molar-refractivity contribution is 0.0448. The summed E-state index contributed by atoms with van der Waals surface area (Å²) in [6.07, 6.45) is 6.95. The van der Waals surface area contributed by atoms with Crippen LogP contribution in [-0.4, -0.2) is 94.7 Å². The summed E-state index contributed by atoms with van der Waals surface area (Å²) >= 11 is 0. The first kappa shape index (κ1) is 60.4. The fourth-order valence-corrected chi connectivity index (χ4v) is 7.61. The van der Waals surface area contributed by atoms with Gasteiger partial charge in [-0.25, -0.2) is 0 Å². The summed E-state index contributed by atoms with van der Waals surface area (Å²) in [5, 5.41) is 80.0. The van der Waals surface area contributed by atoms with E-state index < -0.39 is 36.6 Å². The standard InChI is InChI=1S/C21H26O5.C20H24O6.C19H22O5/c1-6-7-15-8-9-17(18(11-15)24-4)26-14(3)21(23)16-10-13(2)20(22)19(12-16)25-5;1-5-6-13-7-8-16(17(9-13)24-3)26-12(2)19(22)14-10-15(21)20(23)18(11-14)25-4;1-4-5-13-6-9-17(18(10-13)23-3)24-12(2)19(22)14-7-8-15(20)16(21)11-14/h6-12,14,21-23H,1-5H3;5-12,19,21-23H,1-4H3;4-12,19-22H,1-3H3/b7-6+;6-5+;5-4+. The zero-order chi connectivity index (χ0) is 56.2. The Hall–Kier alpha value is -8.18. The number of aliphatic hydroxyl groups excluding tert-OH is 3. The fourth-order valence-electron chi connectivity index (χ4n) is 7.61. The number of benzene rings is 6. The van der Waals surface area contributed by atoms with Crippen molar-refractivity contribution in [1.82, 2.24) is 0 Å². The molecule has 6 unspecified atom stereocenters. The molecule has 0 fully saturated rings. The van der Waals surface area contributed by atoms with Crippen molar-refractivity contribution in [2.45, 2.75) is 85.1 Å². The van der Waals surface area contributed by atoms with Gasteiger partial charge in [0.15, 0.2) is 69.0 Å². The van der Waals surface area contributed by atoms with Crippen LogP contribution in [0.15, 0.2) is 115 Å². The second-order valence-electron chi connectivity index (χ2n) is 17.3. The van der Waals surface area contributed by atoms with E-state index in [1.807, 2.05) is 99.7 Å². The monoisotopic (exact) mass is 1050 g/mol. The lowest BCUT2D eigenvalue weighted by atomic mass is 10.0. The average molecular weight is 1050 g/mol. The highest BCUT2D eigenvalue weighted by atomic mass is 16.5. The van der Waals surface area contributed by atoms with Gasteiger partial charge in [0.2, 0.25) is 5.75 Å². The molecule has 0 aromatic heterocycles. The smallest absolute Gasteiger partial charge is 0.200 e. The molecule has 0 heterocycles. The molecule has 0 saturated carbocycles. The van der Waals surface area contributed by atoms with Crippen LogP contribution in [0.3, 0.4) is 0 Å². The molecule has 6 rings (SSSR count). The van der Waals surface area contributed by atoms with E-state index in [4.69, 9.17) is 37.9 Å². The molecule has 0 saturated heterocycles. The number of hydrogen-bond acceptors (Lipinski definition) is 16. The van der Waals surface area contributed by atoms with Gasteiger partial charge in [-0.05, 0) is 160 Å². The molecule has 0 aliphatic carbocycles. The minimum Gasteiger partial charge on any atom is -0.504 e. The molecule has 0 spiro atoms. The third-order valence-electron chi connectivity index (χ3n) is 11.7. The van der Waals surface area contributed by atoms with Crippen LogP contribution >= 0.6 is 0 Å². The molecule has 16 nitrogen and oxygen atoms in total. The summed E-state index contributed by atoms with van der Waals surface area (Å²) in [5.41, 5.74) is 4.99. The van der Waals surface area contributed by atoms with E-state index in [1.54, 1.807) is 73.3 Å². The Labute approximate surface area is 445 Å². The van der Waals surface area contributed by atoms with Crippen molar-refractivity contribution in [2.24, 2.45) is 0 Å². The van der Waals surface area contributed by atoms with E-state index >= 15 is 0 Å². The molecule has 0 aliphatic heterocycles. The van der Waals surface area contributed by atoms with E-state index in [9.17, 15) is 40.9 Å². The van der Waals surface area contributed by atoms with Gasteiger partial charge in [-0.15, -0.1) is 0 Å². The van der Waals surface area contributed by atoms with Crippen molar-refractivity contribution in [1.29, 1.82) is 0 Å². The first-order chi connectivity index (χ1) is 36.3. The van der Waals surface area contributed by atoms with E-state index in [0.29, 0.717) is 62.5 Å². The number of hydrogen-bond donors (Lipinski definition) is 8. The van der Waals surface area contributed by atoms with E-state index in [0.717, 1.165) is 16.7 Å². The SMILES string of the molecule is C/C=C/c1ccc(OC(C)C(O)c2cc(C)c(O)c(OC)c2)c(OC)c1.C/C=C/c1ccc(OC(C)C(O)c2cc(O)c(O)c(OC)c2)c(OC)c1.C/C=C/c1ccc(OC(C)C(O)c2ccc(O)c(O)c2)c(OC)c1. The normalized spacial score (nSPS) is 13.5. The van der Waals surface area contributed by atoms with Gasteiger partial charge in [0.05, 0.1) is 35.5 Å². The first-order valence-electron chi connectivity index (χ1n) is 24.2. The van der Waals surface area contributed by atoms with Crippen molar-refractivity contribution in [3.8, 4) is 74.7 Å². The highest BCUT2D eigenvalue weighted by Gasteiger charge is 2.25. The number of methoxy groups -OCH3 is 5. The summed E-state index contributed by atoms with van der Waals surface area (Å²) in [6.45, 7) is 12.7. The topological polar surface area (TPSA) is 236 Å². The minimum absolute atomic E-state index is 0.0678. The Morgan fingerprint density at radius 3 is 1.05 bits per heavy atom. The summed E-state index contributed by atoms with van der Waals surface area (Å²) in [5.74, 6) is 2.45. The Morgan fingerprint density at radius 1 is 0.355 bits per heavy atom. The van der Waals surface area contributed by atoms with Gasteiger partial charge >= 0.3 is 0 Å². The molecular formula is C60H72O16. The number of rotatable bonds is 20. The van der Waals surface area contributed by atoms with E-state index in [1.165, 1.54) is 44.6 Å². The predicted octanol–water partition coefficient (Wildman–Crippen LogP) is 11.5. The molecule has 6 aromatic carbocycles. The van der Waals surface area contributed by atoms with Crippen molar-refractivity contribution in [2.75, 3.05) is 35.5 Å². The fraction of sp³-hybridized carbons (Fsp3) is 0.300. The van der Waals surface area contributed by atoms with Crippen LogP contribution < -0.4 is 37.9 Å². The lowest BCUT2D eigenvalue weighted by Gasteiger charge is -2.23. The zero-order valence-corrected chi connectivity index (χ0v) is 45.0. The van der Waals surface area contributed by atoms with Crippen LogP contribution in [0.1, 0.15) is 98.8 Å². The van der Waals surface area contributed by atoms with Crippen LogP contribution in [0.4, 0.5) is 0 Å². The second-order valence-corrected chi connectivity index (χ2v) is 17.3. The average Bonchev–Trinajstić information content (AvgIpc) is 3.41. The summed E-state index contributed by atoms with van der Waals surface area (Å²) in [6, 6.07) is 26.9. The molecule has 0 bridgehead atoms. The van der Waals surface area contributed by atoms with Crippen LogP contribution in [-0.2, 0) is 0 Å². The van der Waals surface area contributed by atoms with Crippen molar-refractivity contribution >= 4 is 18.2 Å². The molecular weight excluding hydrogens is 977 g/mol. The number of aliphatic hydroxyl groups is 3. The van der Waals surface area contributed by atoms with Crippen LogP contribution in [0, 0.1) is 6.92 Å². The number of aromatic hydroxyl groups is 5. The van der Waals surface area contributed by atoms with Gasteiger partial charge in [0.1, 0.15) is 36.6 Å². The molecule has 0 radical (unpaired) electrons. The largest absolute Gasteiger partial charge is 0.504 e. The Bertz CT molecular complexity index is 2780. The van der Waals surface area contributed by atoms with Crippen LogP contribution in [0.2, 0.25) is 0 Å². The van der Waals surface area contributed by atoms with E-state index in [2.05, 4.69) is 0 Å². The van der Waals surface area contributed by atoms with Crippen LogP contribution in [0.5, 0.6) is 74.7 Å². The zero-order valence-electron chi connectivity index (χ0n) is 45.0. The van der Waals surface area contributed by atoms with Crippen molar-refractivity contribution in [3.05, 3.63) is 154 Å². The quantitative estimate of drug-likeness (QED) is 0.0332. The van der Waals surface area contributed by atoms with E-state index in [-0.39, 0.29) is 34.5 Å².